The first-order chi connectivity index (χ1) is 13.0. The first-order valence-electron chi connectivity index (χ1n) is 8.58. The van der Waals surface area contributed by atoms with Crippen LogP contribution in [0.25, 0.3) is 0 Å². The van der Waals surface area contributed by atoms with Crippen molar-refractivity contribution in [3.05, 3.63) is 47.7 Å². The number of methoxy groups -OCH3 is 1. The molecule has 1 aliphatic rings. The van der Waals surface area contributed by atoms with Crippen molar-refractivity contribution in [1.82, 2.24) is 10.6 Å². The van der Waals surface area contributed by atoms with E-state index in [9.17, 15) is 14.4 Å². The van der Waals surface area contributed by atoms with Crippen LogP contribution in [0, 0.1) is 0 Å². The third-order valence-electron chi connectivity index (χ3n) is 4.03. The molecule has 0 aliphatic carbocycles. The number of ether oxygens (including phenoxy) is 2. The molecule has 2 atom stereocenters. The van der Waals surface area contributed by atoms with E-state index in [4.69, 9.17) is 9.47 Å². The fourth-order valence-corrected chi connectivity index (χ4v) is 3.10. The lowest BCUT2D eigenvalue weighted by Crippen LogP contribution is -2.42. The molecule has 8 heteroatoms. The molecule has 0 saturated carbocycles. The molecule has 2 N–H and O–H groups in total. The SMILES string of the molecule is COC(=O)C(CCSC)NC1=CC(=O)NC1CC(=O)OCc1ccccc1. The number of esters is 2. The topological polar surface area (TPSA) is 93.7 Å². The van der Waals surface area contributed by atoms with Crippen molar-refractivity contribution in [2.45, 2.75) is 31.5 Å². The molecule has 2 unspecified atom stereocenters. The number of hydrogen-bond acceptors (Lipinski definition) is 7. The zero-order valence-electron chi connectivity index (χ0n) is 15.4. The molecule has 1 aromatic rings. The number of rotatable bonds is 10. The second kappa shape index (κ2) is 10.6. The van der Waals surface area contributed by atoms with Crippen LogP contribution in [0.5, 0.6) is 0 Å². The Morgan fingerprint density at radius 1 is 1.30 bits per heavy atom. The van der Waals surface area contributed by atoms with Crippen LogP contribution in [0.2, 0.25) is 0 Å². The van der Waals surface area contributed by atoms with Crippen molar-refractivity contribution in [3.63, 3.8) is 0 Å². The van der Waals surface area contributed by atoms with E-state index in [2.05, 4.69) is 10.6 Å². The smallest absolute Gasteiger partial charge is 0.328 e. The Balaban J connectivity index is 1.93. The van der Waals surface area contributed by atoms with Gasteiger partial charge in [0, 0.05) is 11.8 Å². The maximum Gasteiger partial charge on any atom is 0.328 e. The lowest BCUT2D eigenvalue weighted by atomic mass is 10.1. The molecule has 7 nitrogen and oxygen atoms in total. The Kier molecular flexibility index (Phi) is 8.19. The van der Waals surface area contributed by atoms with Crippen LogP contribution in [0.1, 0.15) is 18.4 Å². The predicted molar refractivity (Wildman–Crippen MR) is 103 cm³/mol. The Bertz CT molecular complexity index is 693. The van der Waals surface area contributed by atoms with Crippen molar-refractivity contribution >= 4 is 29.6 Å². The van der Waals surface area contributed by atoms with Gasteiger partial charge in [0.05, 0.1) is 19.6 Å². The fourth-order valence-electron chi connectivity index (χ4n) is 2.63. The van der Waals surface area contributed by atoms with Gasteiger partial charge in [0.25, 0.3) is 0 Å². The van der Waals surface area contributed by atoms with Gasteiger partial charge < -0.3 is 20.1 Å². The summed E-state index contributed by atoms with van der Waals surface area (Å²) in [5, 5.41) is 5.74. The van der Waals surface area contributed by atoms with Crippen molar-refractivity contribution in [3.8, 4) is 0 Å². The average molecular weight is 392 g/mol. The highest BCUT2D eigenvalue weighted by Gasteiger charge is 2.30. The summed E-state index contributed by atoms with van der Waals surface area (Å²) in [6.07, 6.45) is 3.84. The summed E-state index contributed by atoms with van der Waals surface area (Å²) in [5.41, 5.74) is 1.38. The van der Waals surface area contributed by atoms with Gasteiger partial charge in [0.15, 0.2) is 0 Å². The molecular weight excluding hydrogens is 368 g/mol. The van der Waals surface area contributed by atoms with Crippen molar-refractivity contribution in [2.75, 3.05) is 19.1 Å². The minimum absolute atomic E-state index is 0.0200. The number of amides is 1. The first kappa shape index (κ1) is 20.8. The van der Waals surface area contributed by atoms with Gasteiger partial charge in [-0.1, -0.05) is 30.3 Å². The van der Waals surface area contributed by atoms with Gasteiger partial charge >= 0.3 is 11.9 Å². The minimum atomic E-state index is -0.579. The summed E-state index contributed by atoms with van der Waals surface area (Å²) in [6, 6.07) is 8.22. The lowest BCUT2D eigenvalue weighted by molar-refractivity contribution is -0.145. The van der Waals surface area contributed by atoms with E-state index in [1.54, 1.807) is 11.8 Å². The highest BCUT2D eigenvalue weighted by molar-refractivity contribution is 7.98. The molecule has 0 saturated heterocycles. The summed E-state index contributed by atoms with van der Waals surface area (Å²) in [4.78, 5) is 35.9. The van der Waals surface area contributed by atoms with E-state index >= 15 is 0 Å². The van der Waals surface area contributed by atoms with E-state index < -0.39 is 24.0 Å². The van der Waals surface area contributed by atoms with E-state index in [-0.39, 0.29) is 18.9 Å². The molecule has 0 aromatic heterocycles. The molecule has 0 radical (unpaired) electrons. The van der Waals surface area contributed by atoms with Gasteiger partial charge in [0.1, 0.15) is 12.6 Å². The zero-order chi connectivity index (χ0) is 19.6. The molecule has 1 aromatic carbocycles. The Morgan fingerprint density at radius 3 is 2.70 bits per heavy atom. The maximum absolute atomic E-state index is 12.1. The highest BCUT2D eigenvalue weighted by Crippen LogP contribution is 2.15. The van der Waals surface area contributed by atoms with E-state index in [0.29, 0.717) is 12.1 Å². The van der Waals surface area contributed by atoms with Crippen LogP contribution >= 0.6 is 11.8 Å². The Morgan fingerprint density at radius 2 is 2.04 bits per heavy atom. The van der Waals surface area contributed by atoms with Crippen LogP contribution in [-0.4, -0.2) is 49.0 Å². The van der Waals surface area contributed by atoms with Crippen LogP contribution in [-0.2, 0) is 30.5 Å². The number of hydrogen-bond donors (Lipinski definition) is 2. The molecule has 1 aliphatic heterocycles. The minimum Gasteiger partial charge on any atom is -0.467 e. The number of carbonyl (C=O) groups excluding carboxylic acids is 3. The normalized spacial score (nSPS) is 16.9. The third kappa shape index (κ3) is 6.63. The molecular formula is C19H24N2O5S. The van der Waals surface area contributed by atoms with Gasteiger partial charge in [-0.05, 0) is 24.0 Å². The van der Waals surface area contributed by atoms with Crippen LogP contribution in [0.15, 0.2) is 42.1 Å². The maximum atomic E-state index is 12.1. The average Bonchev–Trinajstić information content (AvgIpc) is 3.02. The van der Waals surface area contributed by atoms with Gasteiger partial charge in [-0.25, -0.2) is 4.79 Å². The monoisotopic (exact) mass is 392 g/mol. The highest BCUT2D eigenvalue weighted by atomic mass is 32.2. The zero-order valence-corrected chi connectivity index (χ0v) is 16.2. The quantitative estimate of drug-likeness (QED) is 0.581. The van der Waals surface area contributed by atoms with Crippen molar-refractivity contribution < 1.29 is 23.9 Å². The second-order valence-electron chi connectivity index (χ2n) is 6.01. The number of thioether (sulfide) groups is 1. The molecule has 146 valence electrons. The number of benzene rings is 1. The summed E-state index contributed by atoms with van der Waals surface area (Å²) in [5.74, 6) is -0.399. The van der Waals surface area contributed by atoms with Gasteiger partial charge in [-0.2, -0.15) is 11.8 Å². The first-order valence-corrected chi connectivity index (χ1v) is 9.97. The van der Waals surface area contributed by atoms with E-state index in [0.717, 1.165) is 11.3 Å². The Labute approximate surface area is 162 Å². The third-order valence-corrected chi connectivity index (χ3v) is 4.67. The van der Waals surface area contributed by atoms with Crippen LogP contribution in [0.4, 0.5) is 0 Å². The molecule has 1 amide bonds. The fraction of sp³-hybridized carbons (Fsp3) is 0.421. The largest absolute Gasteiger partial charge is 0.467 e. The molecule has 0 bridgehead atoms. The van der Waals surface area contributed by atoms with Crippen LogP contribution < -0.4 is 10.6 Å². The second-order valence-corrected chi connectivity index (χ2v) is 7.00. The molecule has 2 rings (SSSR count). The van der Waals surface area contributed by atoms with Gasteiger partial charge in [-0.15, -0.1) is 0 Å². The molecule has 27 heavy (non-hydrogen) atoms. The van der Waals surface area contributed by atoms with Crippen molar-refractivity contribution in [1.29, 1.82) is 0 Å². The summed E-state index contributed by atoms with van der Waals surface area (Å²) in [6.45, 7) is 0.172. The summed E-state index contributed by atoms with van der Waals surface area (Å²) in [7, 11) is 1.32. The number of nitrogens with one attached hydrogen (secondary N) is 2. The number of carbonyl (C=O) groups is 3. The Hall–Kier alpha value is -2.48. The predicted octanol–water partition coefficient (Wildman–Crippen LogP) is 1.39. The molecule has 1 heterocycles. The van der Waals surface area contributed by atoms with Gasteiger partial charge in [-0.3, -0.25) is 9.59 Å². The van der Waals surface area contributed by atoms with E-state index in [1.807, 2.05) is 36.6 Å². The molecule has 0 spiro atoms. The lowest BCUT2D eigenvalue weighted by Gasteiger charge is -2.22. The summed E-state index contributed by atoms with van der Waals surface area (Å²) >= 11 is 1.61. The van der Waals surface area contributed by atoms with Gasteiger partial charge in [0.2, 0.25) is 5.91 Å². The van der Waals surface area contributed by atoms with Crippen LogP contribution in [0.3, 0.4) is 0 Å². The summed E-state index contributed by atoms with van der Waals surface area (Å²) < 4.78 is 10.1. The standard InChI is InChI=1S/C19H24N2O5S/c1-25-19(24)14(8-9-27-2)20-15-10-17(22)21-16(15)11-18(23)26-12-13-6-4-3-5-7-13/h3-7,10,14,16,20H,8-9,11-12H2,1-2H3,(H,21,22). The van der Waals surface area contributed by atoms with E-state index in [1.165, 1.54) is 13.2 Å². The van der Waals surface area contributed by atoms with Crippen molar-refractivity contribution in [2.24, 2.45) is 0 Å². The molecule has 0 fully saturated rings.